The van der Waals surface area contributed by atoms with E-state index in [4.69, 9.17) is 9.16 Å². The molecule has 6 nitrogen and oxygen atoms in total. The normalized spacial score (nSPS) is 10.8. The van der Waals surface area contributed by atoms with E-state index < -0.39 is 21.2 Å². The number of amides is 2. The molecule has 3 aromatic carbocycles. The van der Waals surface area contributed by atoms with Crippen molar-refractivity contribution in [3.8, 4) is 0 Å². The first-order valence-electron chi connectivity index (χ1n) is 8.65. The lowest BCUT2D eigenvalue weighted by Gasteiger charge is -2.15. The predicted octanol–water partition coefficient (Wildman–Crippen LogP) is 3.45. The summed E-state index contributed by atoms with van der Waals surface area (Å²) in [6.45, 7) is 0.0547. The van der Waals surface area contributed by atoms with Crippen LogP contribution in [0.4, 0.5) is 9.59 Å². The van der Waals surface area contributed by atoms with Crippen molar-refractivity contribution < 1.29 is 18.8 Å². The molecule has 0 spiro atoms. The first-order valence-corrected chi connectivity index (χ1v) is 10.3. The van der Waals surface area contributed by atoms with Crippen LogP contribution in [-0.2, 0) is 15.8 Å². The van der Waals surface area contributed by atoms with Crippen LogP contribution in [0.15, 0.2) is 101 Å². The Morgan fingerprint density at radius 2 is 1.14 bits per heavy atom. The summed E-state index contributed by atoms with van der Waals surface area (Å²) in [6, 6.07) is 28.1. The highest BCUT2D eigenvalue weighted by Crippen LogP contribution is 2.02. The van der Waals surface area contributed by atoms with E-state index in [0.717, 1.165) is 15.9 Å². The number of azo groups is 1. The number of rotatable bonds is 5. The van der Waals surface area contributed by atoms with Gasteiger partial charge in [-0.05, 0) is 15.9 Å². The molecule has 0 fully saturated rings. The van der Waals surface area contributed by atoms with Crippen molar-refractivity contribution in [1.82, 2.24) is 0 Å². The molecule has 0 radical (unpaired) electrons. The van der Waals surface area contributed by atoms with E-state index in [-0.39, 0.29) is 6.61 Å². The zero-order valence-corrected chi connectivity index (χ0v) is 16.1. The Kier molecular flexibility index (Phi) is 6.81. The van der Waals surface area contributed by atoms with Crippen molar-refractivity contribution in [2.24, 2.45) is 10.2 Å². The zero-order valence-electron chi connectivity index (χ0n) is 15.0. The van der Waals surface area contributed by atoms with Crippen molar-refractivity contribution in [1.29, 1.82) is 0 Å². The lowest BCUT2D eigenvalue weighted by atomic mass is 10.2. The molecule has 0 unspecified atom stereocenters. The average molecular weight is 390 g/mol. The number of carbonyl (C=O) groups excluding carboxylic acids is 2. The summed E-state index contributed by atoms with van der Waals surface area (Å²) in [6.07, 6.45) is -1.86. The highest BCUT2D eigenvalue weighted by Gasteiger charge is 2.22. The number of nitrogens with zero attached hydrogens (tertiary/aromatic N) is 2. The third-order valence-corrected chi connectivity index (χ3v) is 6.26. The van der Waals surface area contributed by atoms with Crippen molar-refractivity contribution in [2.75, 3.05) is 0 Å². The fraction of sp³-hybridized carbons (Fsp3) is 0.0476. The van der Waals surface area contributed by atoms with E-state index in [2.05, 4.69) is 10.2 Å². The maximum absolute atomic E-state index is 12.1. The smallest absolute Gasteiger partial charge is 0.452 e. The quantitative estimate of drug-likeness (QED) is 0.494. The average Bonchev–Trinajstić information content (AvgIpc) is 2.76. The highest BCUT2D eigenvalue weighted by molar-refractivity contribution is 6.81. The summed E-state index contributed by atoms with van der Waals surface area (Å²) in [7, 11) is -2.29. The fourth-order valence-corrected chi connectivity index (χ4v) is 4.59. The minimum atomic E-state index is -2.29. The first-order chi connectivity index (χ1) is 13.7. The Bertz CT molecular complexity index is 895. The van der Waals surface area contributed by atoms with Crippen molar-refractivity contribution in [3.63, 3.8) is 0 Å². The lowest BCUT2D eigenvalue weighted by molar-refractivity contribution is 0.148. The molecule has 0 heterocycles. The van der Waals surface area contributed by atoms with Gasteiger partial charge in [0, 0.05) is 0 Å². The molecule has 0 aromatic heterocycles. The van der Waals surface area contributed by atoms with Gasteiger partial charge >= 0.3 is 21.2 Å². The molecule has 0 saturated carbocycles. The van der Waals surface area contributed by atoms with Crippen LogP contribution in [0.25, 0.3) is 0 Å². The molecule has 0 atom stereocenters. The molecule has 3 rings (SSSR count). The van der Waals surface area contributed by atoms with Gasteiger partial charge in [-0.2, -0.15) is 0 Å². The summed E-state index contributed by atoms with van der Waals surface area (Å²) in [5.41, 5.74) is 0.814. The summed E-state index contributed by atoms with van der Waals surface area (Å²) in [4.78, 5) is 23.8. The summed E-state index contributed by atoms with van der Waals surface area (Å²) >= 11 is 0. The number of ether oxygens (including phenoxy) is 1. The first kappa shape index (κ1) is 19.2. The minimum Gasteiger partial charge on any atom is -0.495 e. The molecule has 0 aliphatic rings. The topological polar surface area (TPSA) is 77.3 Å². The number of hydrogen-bond acceptors (Lipinski definition) is 4. The SMILES string of the molecule is O=C(N=NC(=O)O[SiH](c1ccccc1)c1ccccc1)OCc1ccccc1. The van der Waals surface area contributed by atoms with Crippen LogP contribution in [0.5, 0.6) is 0 Å². The van der Waals surface area contributed by atoms with Crippen molar-refractivity contribution >= 4 is 31.6 Å². The van der Waals surface area contributed by atoms with Crippen molar-refractivity contribution in [2.45, 2.75) is 6.61 Å². The van der Waals surface area contributed by atoms with Gasteiger partial charge in [0.05, 0.1) is 0 Å². The maximum Gasteiger partial charge on any atom is 0.452 e. The Morgan fingerprint density at radius 3 is 1.68 bits per heavy atom. The Morgan fingerprint density at radius 1 is 0.679 bits per heavy atom. The molecule has 0 N–H and O–H groups in total. The van der Waals surface area contributed by atoms with E-state index in [1.54, 1.807) is 0 Å². The van der Waals surface area contributed by atoms with Crippen LogP contribution in [0, 0.1) is 0 Å². The second-order valence-corrected chi connectivity index (χ2v) is 8.15. The second-order valence-electron chi connectivity index (χ2n) is 5.83. The molecule has 140 valence electrons. The summed E-state index contributed by atoms with van der Waals surface area (Å²) in [5, 5.41) is 8.48. The van der Waals surface area contributed by atoms with Crippen LogP contribution in [0.2, 0.25) is 0 Å². The van der Waals surface area contributed by atoms with Crippen LogP contribution >= 0.6 is 0 Å². The van der Waals surface area contributed by atoms with Crippen LogP contribution < -0.4 is 10.4 Å². The summed E-state index contributed by atoms with van der Waals surface area (Å²) in [5.74, 6) is 0. The van der Waals surface area contributed by atoms with E-state index in [1.807, 2.05) is 91.0 Å². The Labute approximate surface area is 164 Å². The fourth-order valence-electron chi connectivity index (χ4n) is 2.54. The molecule has 2 amide bonds. The highest BCUT2D eigenvalue weighted by atomic mass is 28.3. The molecule has 0 aliphatic heterocycles. The Balaban J connectivity index is 1.62. The number of carbonyl (C=O) groups is 2. The van der Waals surface area contributed by atoms with Crippen LogP contribution in [0.3, 0.4) is 0 Å². The predicted molar refractivity (Wildman–Crippen MR) is 107 cm³/mol. The molecule has 3 aromatic rings. The van der Waals surface area contributed by atoms with Gasteiger partial charge in [0.15, 0.2) is 0 Å². The van der Waals surface area contributed by atoms with Crippen LogP contribution in [0.1, 0.15) is 5.56 Å². The van der Waals surface area contributed by atoms with Gasteiger partial charge in [-0.25, -0.2) is 9.59 Å². The molecular weight excluding hydrogens is 372 g/mol. The van der Waals surface area contributed by atoms with E-state index in [1.165, 1.54) is 0 Å². The van der Waals surface area contributed by atoms with E-state index >= 15 is 0 Å². The molecule has 0 saturated heterocycles. The Hall–Kier alpha value is -3.58. The van der Waals surface area contributed by atoms with E-state index in [0.29, 0.717) is 0 Å². The van der Waals surface area contributed by atoms with Crippen LogP contribution in [-0.4, -0.2) is 21.2 Å². The van der Waals surface area contributed by atoms with E-state index in [9.17, 15) is 9.59 Å². The van der Waals surface area contributed by atoms with Crippen molar-refractivity contribution in [3.05, 3.63) is 96.6 Å². The number of benzene rings is 3. The lowest BCUT2D eigenvalue weighted by Crippen LogP contribution is -2.45. The number of hydrogen-bond donors (Lipinski definition) is 0. The van der Waals surface area contributed by atoms with Gasteiger partial charge in [0.2, 0.25) is 0 Å². The monoisotopic (exact) mass is 390 g/mol. The summed E-state index contributed by atoms with van der Waals surface area (Å²) < 4.78 is 10.5. The standard InChI is InChI=1S/C21H18N2O4Si/c24-20(26-16-17-10-4-1-5-11-17)22-23-21(25)27-28(18-12-6-2-7-13-18)19-14-8-3-9-15-19/h1-15,28H,16H2. The zero-order chi connectivity index (χ0) is 19.6. The molecule has 0 aliphatic carbocycles. The molecule has 28 heavy (non-hydrogen) atoms. The third-order valence-electron chi connectivity index (χ3n) is 3.84. The van der Waals surface area contributed by atoms with Gasteiger partial charge in [0.25, 0.3) is 0 Å². The van der Waals surface area contributed by atoms with Gasteiger partial charge in [-0.1, -0.05) is 101 Å². The molecule has 0 bridgehead atoms. The molecule has 7 heteroatoms. The maximum atomic E-state index is 12.1. The van der Waals surface area contributed by atoms with Gasteiger partial charge < -0.3 is 9.16 Å². The molecular formula is C21H18N2O4Si. The largest absolute Gasteiger partial charge is 0.495 e. The second kappa shape index (κ2) is 9.93. The third kappa shape index (κ3) is 5.71. The van der Waals surface area contributed by atoms with Gasteiger partial charge in [-0.3, -0.25) is 0 Å². The minimum absolute atomic E-state index is 0.0547. The van der Waals surface area contributed by atoms with Gasteiger partial charge in [-0.15, -0.1) is 0 Å². The van der Waals surface area contributed by atoms with Gasteiger partial charge in [0.1, 0.15) is 6.61 Å².